The Morgan fingerprint density at radius 3 is 2.42 bits per heavy atom. The van der Waals surface area contributed by atoms with Crippen LogP contribution in [0.2, 0.25) is 0 Å². The fourth-order valence-corrected chi connectivity index (χ4v) is 5.08. The van der Waals surface area contributed by atoms with Gasteiger partial charge in [-0.05, 0) is 63.9 Å². The molecule has 1 aliphatic carbocycles. The molecule has 2 heterocycles. The van der Waals surface area contributed by atoms with Gasteiger partial charge in [-0.15, -0.1) is 5.10 Å². The van der Waals surface area contributed by atoms with Crippen molar-refractivity contribution in [3.8, 4) is 0 Å². The van der Waals surface area contributed by atoms with Crippen LogP contribution >= 0.6 is 0 Å². The molecule has 0 radical (unpaired) electrons. The fraction of sp³-hybridized carbons (Fsp3) is 0.393. The Labute approximate surface area is 219 Å². The monoisotopic (exact) mass is 516 g/mol. The molecule has 38 heavy (non-hydrogen) atoms. The molecule has 2 aromatic carbocycles. The smallest absolute Gasteiger partial charge is 0.349 e. The van der Waals surface area contributed by atoms with Crippen LogP contribution in [0.1, 0.15) is 67.9 Å². The van der Waals surface area contributed by atoms with Crippen LogP contribution in [-0.4, -0.2) is 36.6 Å². The molecule has 0 unspecified atom stereocenters. The van der Waals surface area contributed by atoms with Gasteiger partial charge in [-0.3, -0.25) is 19.0 Å². The molecule has 1 aliphatic rings. The van der Waals surface area contributed by atoms with Crippen molar-refractivity contribution in [2.24, 2.45) is 0 Å². The summed E-state index contributed by atoms with van der Waals surface area (Å²) in [6.07, 6.45) is 5.24. The number of aryl methyl sites for hydroxylation is 1. The van der Waals surface area contributed by atoms with Crippen LogP contribution in [0.25, 0.3) is 16.7 Å². The highest BCUT2D eigenvalue weighted by molar-refractivity contribution is 5.98. The summed E-state index contributed by atoms with van der Waals surface area (Å²) in [6, 6.07) is 11.9. The van der Waals surface area contributed by atoms with Crippen LogP contribution in [0.15, 0.2) is 52.1 Å². The van der Waals surface area contributed by atoms with Crippen molar-refractivity contribution in [2.45, 2.75) is 71.5 Å². The predicted molar refractivity (Wildman–Crippen MR) is 146 cm³/mol. The van der Waals surface area contributed by atoms with Crippen molar-refractivity contribution in [1.82, 2.24) is 24.1 Å². The highest BCUT2D eigenvalue weighted by atomic mass is 16.2. The largest absolute Gasteiger partial charge is 0.352 e. The number of nitrogens with zero attached hydrogens (tertiary/aromatic N) is 4. The number of nitrogens with one attached hydrogen (secondary N) is 2. The standard InChI is InChI=1S/C28H32N6O4/c1-17(2)33-26(37)22-14-11-19(25(36)30-20-7-5-4-6-8-20)15-23(22)34-27(33)31-32(28(34)38)16-24(35)29-21-12-9-18(3)10-13-21/h9-15,17,20H,4-8,16H2,1-3H3,(H,29,35)(H,30,36). The van der Waals surface area contributed by atoms with E-state index in [-0.39, 0.29) is 41.4 Å². The van der Waals surface area contributed by atoms with Gasteiger partial charge in [0.05, 0.1) is 10.9 Å². The lowest BCUT2D eigenvalue weighted by atomic mass is 9.95. The highest BCUT2D eigenvalue weighted by Crippen LogP contribution is 2.20. The molecule has 5 rings (SSSR count). The van der Waals surface area contributed by atoms with Gasteiger partial charge in [0.2, 0.25) is 11.7 Å². The van der Waals surface area contributed by atoms with Gasteiger partial charge in [-0.2, -0.15) is 0 Å². The Morgan fingerprint density at radius 1 is 1.03 bits per heavy atom. The Bertz CT molecular complexity index is 1640. The van der Waals surface area contributed by atoms with E-state index in [0.29, 0.717) is 16.6 Å². The SMILES string of the molecule is Cc1ccc(NC(=O)Cn2nc3n(C(C)C)c(=O)c4ccc(C(=O)NC5CCCCC5)cc4n3c2=O)cc1. The minimum atomic E-state index is -0.566. The lowest BCUT2D eigenvalue weighted by molar-refractivity contribution is -0.117. The maximum Gasteiger partial charge on any atom is 0.352 e. The third-order valence-electron chi connectivity index (χ3n) is 7.07. The molecule has 0 aliphatic heterocycles. The molecule has 0 atom stereocenters. The molecule has 0 bridgehead atoms. The summed E-state index contributed by atoms with van der Waals surface area (Å²) in [7, 11) is 0. The first-order chi connectivity index (χ1) is 18.2. The third kappa shape index (κ3) is 4.85. The fourth-order valence-electron chi connectivity index (χ4n) is 5.08. The molecule has 1 saturated carbocycles. The predicted octanol–water partition coefficient (Wildman–Crippen LogP) is 3.40. The van der Waals surface area contributed by atoms with Crippen LogP contribution in [0.5, 0.6) is 0 Å². The number of rotatable bonds is 6. The molecular formula is C28H32N6O4. The van der Waals surface area contributed by atoms with Crippen molar-refractivity contribution >= 4 is 34.2 Å². The maximum absolute atomic E-state index is 13.5. The topological polar surface area (TPSA) is 120 Å². The molecule has 10 heteroatoms. The Kier molecular flexibility index (Phi) is 6.88. The van der Waals surface area contributed by atoms with Gasteiger partial charge >= 0.3 is 5.69 Å². The van der Waals surface area contributed by atoms with Gasteiger partial charge in [-0.1, -0.05) is 37.0 Å². The van der Waals surface area contributed by atoms with Crippen LogP contribution in [0.3, 0.4) is 0 Å². The van der Waals surface area contributed by atoms with E-state index in [1.54, 1.807) is 30.3 Å². The minimum absolute atomic E-state index is 0.121. The summed E-state index contributed by atoms with van der Waals surface area (Å²) < 4.78 is 3.79. The number of benzene rings is 2. The zero-order valence-electron chi connectivity index (χ0n) is 21.9. The summed E-state index contributed by atoms with van der Waals surface area (Å²) in [4.78, 5) is 52.7. The molecule has 1 fully saturated rings. The quantitative estimate of drug-likeness (QED) is 0.407. The zero-order valence-corrected chi connectivity index (χ0v) is 21.9. The first-order valence-electron chi connectivity index (χ1n) is 13.1. The van der Waals surface area contributed by atoms with E-state index in [4.69, 9.17) is 0 Å². The molecule has 4 aromatic rings. The summed E-state index contributed by atoms with van der Waals surface area (Å²) in [5, 5.41) is 10.5. The molecule has 0 saturated heterocycles. The van der Waals surface area contributed by atoms with Crippen LogP contribution in [0, 0.1) is 6.92 Å². The van der Waals surface area contributed by atoms with Crippen LogP contribution in [0.4, 0.5) is 5.69 Å². The Morgan fingerprint density at radius 2 is 1.74 bits per heavy atom. The van der Waals surface area contributed by atoms with Gasteiger partial charge in [0.15, 0.2) is 0 Å². The highest BCUT2D eigenvalue weighted by Gasteiger charge is 2.22. The van der Waals surface area contributed by atoms with Crippen molar-refractivity contribution < 1.29 is 9.59 Å². The van der Waals surface area contributed by atoms with Gasteiger partial charge < -0.3 is 10.6 Å². The number of aromatic nitrogens is 4. The van der Waals surface area contributed by atoms with E-state index in [9.17, 15) is 19.2 Å². The second-order valence-electron chi connectivity index (χ2n) is 10.3. The van der Waals surface area contributed by atoms with Gasteiger partial charge in [0.25, 0.3) is 11.5 Å². The first-order valence-corrected chi connectivity index (χ1v) is 13.1. The summed E-state index contributed by atoms with van der Waals surface area (Å²) in [6.45, 7) is 5.27. The Balaban J connectivity index is 1.56. The number of hydrogen-bond donors (Lipinski definition) is 2. The summed E-state index contributed by atoms with van der Waals surface area (Å²) in [5.41, 5.74) is 1.43. The number of anilines is 1. The van der Waals surface area contributed by atoms with E-state index in [1.165, 1.54) is 15.4 Å². The maximum atomic E-state index is 13.5. The van der Waals surface area contributed by atoms with Crippen molar-refractivity contribution in [3.63, 3.8) is 0 Å². The average molecular weight is 517 g/mol. The molecule has 2 N–H and O–H groups in total. The number of carbonyl (C=O) groups is 2. The number of fused-ring (bicyclic) bond motifs is 3. The van der Waals surface area contributed by atoms with Crippen LogP contribution in [-0.2, 0) is 11.3 Å². The normalized spacial score (nSPS) is 14.3. The number of amides is 2. The van der Waals surface area contributed by atoms with Crippen molar-refractivity contribution in [1.29, 1.82) is 0 Å². The average Bonchev–Trinajstić information content (AvgIpc) is 3.20. The second-order valence-corrected chi connectivity index (χ2v) is 10.3. The number of carbonyl (C=O) groups excluding carboxylic acids is 2. The van der Waals surface area contributed by atoms with E-state index < -0.39 is 11.6 Å². The van der Waals surface area contributed by atoms with Crippen LogP contribution < -0.4 is 21.9 Å². The lowest BCUT2D eigenvalue weighted by Gasteiger charge is -2.22. The molecular weight excluding hydrogens is 484 g/mol. The molecule has 2 amide bonds. The number of hydrogen-bond acceptors (Lipinski definition) is 5. The van der Waals surface area contributed by atoms with E-state index in [2.05, 4.69) is 15.7 Å². The Hall–Kier alpha value is -4.21. The summed E-state index contributed by atoms with van der Waals surface area (Å²) in [5.74, 6) is -0.539. The van der Waals surface area contributed by atoms with Crippen molar-refractivity contribution in [3.05, 3.63) is 74.4 Å². The van der Waals surface area contributed by atoms with E-state index in [1.807, 2.05) is 32.9 Å². The third-order valence-corrected chi connectivity index (χ3v) is 7.07. The second kappa shape index (κ2) is 10.3. The van der Waals surface area contributed by atoms with Gasteiger partial charge in [0.1, 0.15) is 6.54 Å². The molecule has 2 aromatic heterocycles. The molecule has 0 spiro atoms. The minimum Gasteiger partial charge on any atom is -0.349 e. The molecule has 198 valence electrons. The lowest BCUT2D eigenvalue weighted by Crippen LogP contribution is -2.36. The molecule has 10 nitrogen and oxygen atoms in total. The van der Waals surface area contributed by atoms with Gasteiger partial charge in [-0.25, -0.2) is 13.9 Å². The first kappa shape index (κ1) is 25.4. The van der Waals surface area contributed by atoms with E-state index >= 15 is 0 Å². The summed E-state index contributed by atoms with van der Waals surface area (Å²) >= 11 is 0. The zero-order chi connectivity index (χ0) is 27.0. The van der Waals surface area contributed by atoms with Crippen molar-refractivity contribution in [2.75, 3.05) is 5.32 Å². The van der Waals surface area contributed by atoms with Gasteiger partial charge in [0, 0.05) is 23.3 Å². The van der Waals surface area contributed by atoms with E-state index in [0.717, 1.165) is 35.9 Å².